The highest BCUT2D eigenvalue weighted by atomic mass is 16.5. The van der Waals surface area contributed by atoms with Gasteiger partial charge in [-0.1, -0.05) is 0 Å². The molecular weight excluding hydrogens is 360 g/mol. The van der Waals surface area contributed by atoms with E-state index in [0.29, 0.717) is 31.8 Å². The Kier molecular flexibility index (Phi) is 5.06. The molecule has 3 heterocycles. The standard InChI is InChI=1S/C19H26N6O3/c1-23(18-14-5-3-4-6-15(14)22-24(18)2)16-11-17(21-12-20-16)28-13-7-9-25(10-8-13)19(26)27/h11-13H,3-10H2,1-2H3,(H,26,27). The predicted molar refractivity (Wildman–Crippen MR) is 103 cm³/mol. The van der Waals surface area contributed by atoms with E-state index >= 15 is 0 Å². The lowest BCUT2D eigenvalue weighted by atomic mass is 9.97. The summed E-state index contributed by atoms with van der Waals surface area (Å²) in [5.41, 5.74) is 2.49. The summed E-state index contributed by atoms with van der Waals surface area (Å²) in [6.45, 7) is 0.970. The fraction of sp³-hybridized carbons (Fsp3) is 0.579. The Morgan fingerprint density at radius 2 is 2.00 bits per heavy atom. The maximum atomic E-state index is 11.0. The maximum Gasteiger partial charge on any atom is 0.407 e. The van der Waals surface area contributed by atoms with Gasteiger partial charge in [-0.2, -0.15) is 5.10 Å². The monoisotopic (exact) mass is 386 g/mol. The van der Waals surface area contributed by atoms with Crippen molar-refractivity contribution in [2.75, 3.05) is 25.0 Å². The zero-order chi connectivity index (χ0) is 19.7. The molecule has 1 aliphatic heterocycles. The molecule has 0 atom stereocenters. The van der Waals surface area contributed by atoms with Crippen LogP contribution in [-0.2, 0) is 19.9 Å². The highest BCUT2D eigenvalue weighted by Crippen LogP contribution is 2.33. The molecule has 0 radical (unpaired) electrons. The van der Waals surface area contributed by atoms with Crippen LogP contribution in [0.25, 0.3) is 0 Å². The molecule has 150 valence electrons. The number of likely N-dealkylation sites (tertiary alicyclic amines) is 1. The first kappa shape index (κ1) is 18.5. The first-order valence-corrected chi connectivity index (χ1v) is 9.78. The smallest absolute Gasteiger partial charge is 0.407 e. The van der Waals surface area contributed by atoms with Gasteiger partial charge in [0.05, 0.1) is 5.69 Å². The molecule has 1 aliphatic carbocycles. The van der Waals surface area contributed by atoms with E-state index in [1.54, 1.807) is 0 Å². The molecule has 28 heavy (non-hydrogen) atoms. The molecule has 1 saturated heterocycles. The van der Waals surface area contributed by atoms with E-state index in [1.807, 2.05) is 29.7 Å². The van der Waals surface area contributed by atoms with E-state index in [0.717, 1.165) is 24.5 Å². The molecule has 0 aromatic carbocycles. The number of carboxylic acid groups (broad SMARTS) is 1. The molecule has 1 N–H and O–H groups in total. The summed E-state index contributed by atoms with van der Waals surface area (Å²) in [5, 5.41) is 13.7. The van der Waals surface area contributed by atoms with E-state index < -0.39 is 6.09 Å². The number of ether oxygens (including phenoxy) is 1. The van der Waals surface area contributed by atoms with E-state index in [2.05, 4.69) is 15.1 Å². The summed E-state index contributed by atoms with van der Waals surface area (Å²) in [4.78, 5) is 23.2. The lowest BCUT2D eigenvalue weighted by molar-refractivity contribution is 0.0870. The normalized spacial score (nSPS) is 17.3. The zero-order valence-electron chi connectivity index (χ0n) is 16.3. The molecule has 0 saturated carbocycles. The van der Waals surface area contributed by atoms with Gasteiger partial charge in [0, 0.05) is 51.7 Å². The van der Waals surface area contributed by atoms with Crippen molar-refractivity contribution >= 4 is 17.7 Å². The van der Waals surface area contributed by atoms with Crippen LogP contribution < -0.4 is 9.64 Å². The Labute approximate surface area is 163 Å². The van der Waals surface area contributed by atoms with Crippen LogP contribution in [0, 0.1) is 0 Å². The van der Waals surface area contributed by atoms with Crippen molar-refractivity contribution in [2.45, 2.75) is 44.6 Å². The lowest BCUT2D eigenvalue weighted by Crippen LogP contribution is -2.41. The van der Waals surface area contributed by atoms with Crippen LogP contribution in [0.3, 0.4) is 0 Å². The van der Waals surface area contributed by atoms with Gasteiger partial charge in [-0.25, -0.2) is 14.8 Å². The molecule has 9 nitrogen and oxygen atoms in total. The number of aryl methyl sites for hydroxylation is 2. The van der Waals surface area contributed by atoms with E-state index in [1.165, 1.54) is 35.3 Å². The van der Waals surface area contributed by atoms with Gasteiger partial charge >= 0.3 is 6.09 Å². The van der Waals surface area contributed by atoms with Crippen LogP contribution in [0.5, 0.6) is 5.88 Å². The summed E-state index contributed by atoms with van der Waals surface area (Å²) in [6, 6.07) is 1.84. The fourth-order valence-corrected chi connectivity index (χ4v) is 4.11. The maximum absolute atomic E-state index is 11.0. The number of nitrogens with zero attached hydrogens (tertiary/aromatic N) is 6. The topological polar surface area (TPSA) is 96.6 Å². The average molecular weight is 386 g/mol. The summed E-state index contributed by atoms with van der Waals surface area (Å²) in [5.74, 6) is 2.33. The first-order valence-electron chi connectivity index (χ1n) is 9.78. The average Bonchev–Trinajstić information content (AvgIpc) is 3.03. The number of aromatic nitrogens is 4. The number of hydrogen-bond donors (Lipinski definition) is 1. The largest absolute Gasteiger partial charge is 0.474 e. The van der Waals surface area contributed by atoms with Crippen LogP contribution >= 0.6 is 0 Å². The van der Waals surface area contributed by atoms with Crippen molar-refractivity contribution in [3.63, 3.8) is 0 Å². The molecule has 2 aromatic heterocycles. The predicted octanol–water partition coefficient (Wildman–Crippen LogP) is 2.38. The Morgan fingerprint density at radius 3 is 2.75 bits per heavy atom. The number of rotatable bonds is 4. The van der Waals surface area contributed by atoms with Crippen molar-refractivity contribution in [3.05, 3.63) is 23.7 Å². The van der Waals surface area contributed by atoms with Gasteiger partial charge in [0.2, 0.25) is 5.88 Å². The van der Waals surface area contributed by atoms with Gasteiger partial charge in [0.25, 0.3) is 0 Å². The first-order chi connectivity index (χ1) is 13.5. The van der Waals surface area contributed by atoms with Crippen molar-refractivity contribution in [1.82, 2.24) is 24.6 Å². The van der Waals surface area contributed by atoms with Crippen molar-refractivity contribution in [3.8, 4) is 5.88 Å². The molecule has 1 fully saturated rings. The number of carbonyl (C=O) groups is 1. The molecule has 9 heteroatoms. The molecule has 2 aromatic rings. The summed E-state index contributed by atoms with van der Waals surface area (Å²) >= 11 is 0. The minimum atomic E-state index is -0.871. The SMILES string of the molecule is CN(c1cc(OC2CCN(C(=O)O)CC2)ncn1)c1c2c(nn1C)CCCC2. The fourth-order valence-electron chi connectivity index (χ4n) is 4.11. The van der Waals surface area contributed by atoms with E-state index in [4.69, 9.17) is 9.84 Å². The molecule has 0 unspecified atom stereocenters. The zero-order valence-corrected chi connectivity index (χ0v) is 16.3. The third kappa shape index (κ3) is 3.61. The second-order valence-corrected chi connectivity index (χ2v) is 7.44. The number of amides is 1. The van der Waals surface area contributed by atoms with Gasteiger partial charge in [0.15, 0.2) is 0 Å². The molecule has 0 spiro atoms. The third-order valence-electron chi connectivity index (χ3n) is 5.57. The van der Waals surface area contributed by atoms with Gasteiger partial charge < -0.3 is 19.6 Å². The Balaban J connectivity index is 1.48. The van der Waals surface area contributed by atoms with Gasteiger partial charge in [-0.05, 0) is 25.7 Å². The highest BCUT2D eigenvalue weighted by molar-refractivity contribution is 5.65. The van der Waals surface area contributed by atoms with Crippen molar-refractivity contribution < 1.29 is 14.6 Å². The summed E-state index contributed by atoms with van der Waals surface area (Å²) < 4.78 is 7.95. The highest BCUT2D eigenvalue weighted by Gasteiger charge is 2.25. The van der Waals surface area contributed by atoms with Crippen molar-refractivity contribution in [1.29, 1.82) is 0 Å². The Hall–Kier alpha value is -2.84. The van der Waals surface area contributed by atoms with Gasteiger partial charge in [0.1, 0.15) is 24.1 Å². The molecule has 4 rings (SSSR count). The quantitative estimate of drug-likeness (QED) is 0.862. The van der Waals surface area contributed by atoms with Gasteiger partial charge in [-0.15, -0.1) is 0 Å². The third-order valence-corrected chi connectivity index (χ3v) is 5.57. The Bertz CT molecular complexity index is 859. The molecular formula is C19H26N6O3. The summed E-state index contributed by atoms with van der Waals surface area (Å²) in [7, 11) is 3.96. The van der Waals surface area contributed by atoms with Crippen LogP contribution in [0.2, 0.25) is 0 Å². The van der Waals surface area contributed by atoms with E-state index in [-0.39, 0.29) is 6.10 Å². The lowest BCUT2D eigenvalue weighted by Gasteiger charge is -2.30. The second-order valence-electron chi connectivity index (χ2n) is 7.44. The molecule has 1 amide bonds. The molecule has 0 bridgehead atoms. The van der Waals surface area contributed by atoms with Gasteiger partial charge in [-0.3, -0.25) is 4.68 Å². The number of anilines is 2. The van der Waals surface area contributed by atoms with Crippen LogP contribution in [-0.4, -0.2) is 62.1 Å². The minimum absolute atomic E-state index is 0.0341. The van der Waals surface area contributed by atoms with Crippen LogP contribution in [0.1, 0.15) is 36.9 Å². The minimum Gasteiger partial charge on any atom is -0.474 e. The number of piperidine rings is 1. The number of fused-ring (bicyclic) bond motifs is 1. The second kappa shape index (κ2) is 7.65. The Morgan fingerprint density at radius 1 is 1.25 bits per heavy atom. The van der Waals surface area contributed by atoms with Crippen LogP contribution in [0.4, 0.5) is 16.4 Å². The van der Waals surface area contributed by atoms with Crippen LogP contribution in [0.15, 0.2) is 12.4 Å². The number of hydrogen-bond acceptors (Lipinski definition) is 6. The summed E-state index contributed by atoms with van der Waals surface area (Å²) in [6.07, 6.45) is 6.39. The van der Waals surface area contributed by atoms with Crippen molar-refractivity contribution in [2.24, 2.45) is 7.05 Å². The molecule has 2 aliphatic rings. The van der Waals surface area contributed by atoms with E-state index in [9.17, 15) is 4.79 Å².